The summed E-state index contributed by atoms with van der Waals surface area (Å²) in [6, 6.07) is 15.7. The molecule has 0 atom stereocenters. The summed E-state index contributed by atoms with van der Waals surface area (Å²) in [6.07, 6.45) is 2.32. The molecule has 2 aromatic carbocycles. The van der Waals surface area contributed by atoms with Crippen molar-refractivity contribution in [1.29, 1.82) is 0 Å². The van der Waals surface area contributed by atoms with Crippen LogP contribution in [-0.2, 0) is 17.7 Å². The number of aryl methyl sites for hydroxylation is 1. The maximum Gasteiger partial charge on any atom is 0.343 e. The Morgan fingerprint density at radius 1 is 1.18 bits per heavy atom. The van der Waals surface area contributed by atoms with Gasteiger partial charge in [0.15, 0.2) is 5.82 Å². The number of fused-ring (bicyclic) bond motifs is 1. The van der Waals surface area contributed by atoms with E-state index >= 15 is 0 Å². The normalized spacial score (nSPS) is 13.0. The zero-order valence-electron chi connectivity index (χ0n) is 19.0. The van der Waals surface area contributed by atoms with Crippen molar-refractivity contribution in [2.45, 2.75) is 26.8 Å². The molecular weight excluding hydrogens is 450 g/mol. The summed E-state index contributed by atoms with van der Waals surface area (Å²) in [6.45, 7) is 5.32. The predicted octanol–water partition coefficient (Wildman–Crippen LogP) is 5.23. The van der Waals surface area contributed by atoms with E-state index in [1.807, 2.05) is 55.5 Å². The standard InChI is InChI=1S/C26H24ClN5O2/c1-3-34-26(33)20-14-28-24(18-8-4-6-16(2)12-18)29-25(20)32-11-10-22-21(15-32)23(31-30-22)17-7-5-9-19(27)13-17/h4-9,12-14H,3,10-11,15H2,1-2H3,(H,30,31). The molecule has 172 valence electrons. The molecule has 2 aromatic heterocycles. The van der Waals surface area contributed by atoms with Crippen molar-refractivity contribution in [1.82, 2.24) is 20.2 Å². The van der Waals surface area contributed by atoms with Crippen LogP contribution in [0.2, 0.25) is 5.02 Å². The van der Waals surface area contributed by atoms with E-state index in [0.29, 0.717) is 35.3 Å². The number of hydrogen-bond donors (Lipinski definition) is 1. The molecule has 1 aliphatic rings. The molecule has 0 aliphatic carbocycles. The number of ether oxygens (including phenoxy) is 1. The maximum absolute atomic E-state index is 12.8. The fourth-order valence-electron chi connectivity index (χ4n) is 4.24. The minimum Gasteiger partial charge on any atom is -0.462 e. The fraction of sp³-hybridized carbons (Fsp3) is 0.231. The van der Waals surface area contributed by atoms with Crippen molar-refractivity contribution in [3.05, 3.63) is 82.1 Å². The number of nitrogens with zero attached hydrogens (tertiary/aromatic N) is 4. The van der Waals surface area contributed by atoms with Crippen LogP contribution in [0.25, 0.3) is 22.6 Å². The molecule has 0 unspecified atom stereocenters. The van der Waals surface area contributed by atoms with Gasteiger partial charge >= 0.3 is 5.97 Å². The van der Waals surface area contributed by atoms with Crippen molar-refractivity contribution in [3.8, 4) is 22.6 Å². The molecule has 0 radical (unpaired) electrons. The van der Waals surface area contributed by atoms with Gasteiger partial charge in [-0.3, -0.25) is 5.10 Å². The summed E-state index contributed by atoms with van der Waals surface area (Å²) in [5, 5.41) is 8.40. The van der Waals surface area contributed by atoms with E-state index in [0.717, 1.165) is 40.1 Å². The molecule has 0 saturated heterocycles. The topological polar surface area (TPSA) is 84.0 Å². The first kappa shape index (κ1) is 22.1. The smallest absolute Gasteiger partial charge is 0.343 e. The van der Waals surface area contributed by atoms with Gasteiger partial charge in [-0.05, 0) is 32.0 Å². The average Bonchev–Trinajstić information content (AvgIpc) is 3.27. The van der Waals surface area contributed by atoms with Crippen LogP contribution in [0, 0.1) is 6.92 Å². The zero-order chi connectivity index (χ0) is 23.7. The fourth-order valence-corrected chi connectivity index (χ4v) is 4.43. The monoisotopic (exact) mass is 473 g/mol. The van der Waals surface area contributed by atoms with Gasteiger partial charge in [0.1, 0.15) is 11.4 Å². The third-order valence-electron chi connectivity index (χ3n) is 5.87. The highest BCUT2D eigenvalue weighted by Crippen LogP contribution is 2.33. The Bertz CT molecular complexity index is 1370. The number of benzene rings is 2. The Labute approximate surface area is 202 Å². The number of esters is 1. The molecule has 0 bridgehead atoms. The summed E-state index contributed by atoms with van der Waals surface area (Å²) < 4.78 is 5.31. The van der Waals surface area contributed by atoms with Gasteiger partial charge < -0.3 is 9.64 Å². The highest BCUT2D eigenvalue weighted by molar-refractivity contribution is 6.30. The Morgan fingerprint density at radius 3 is 2.79 bits per heavy atom. The lowest BCUT2D eigenvalue weighted by Gasteiger charge is -2.29. The number of rotatable bonds is 5. The van der Waals surface area contributed by atoms with Gasteiger partial charge in [0.05, 0.1) is 12.3 Å². The van der Waals surface area contributed by atoms with Crippen molar-refractivity contribution >= 4 is 23.4 Å². The van der Waals surface area contributed by atoms with E-state index in [2.05, 4.69) is 20.1 Å². The minimum atomic E-state index is -0.429. The lowest BCUT2D eigenvalue weighted by molar-refractivity contribution is 0.0526. The summed E-state index contributed by atoms with van der Waals surface area (Å²) in [4.78, 5) is 24.2. The summed E-state index contributed by atoms with van der Waals surface area (Å²) in [5.74, 6) is 0.704. The van der Waals surface area contributed by atoms with E-state index < -0.39 is 5.97 Å². The number of aromatic nitrogens is 4. The first-order chi connectivity index (χ1) is 16.5. The number of halogens is 1. The SMILES string of the molecule is CCOC(=O)c1cnc(-c2cccc(C)c2)nc1N1CCc2[nH]nc(-c3cccc(Cl)c3)c2C1. The third-order valence-corrected chi connectivity index (χ3v) is 6.11. The van der Waals surface area contributed by atoms with Crippen LogP contribution in [0.5, 0.6) is 0 Å². The number of carbonyl (C=O) groups excluding carboxylic acids is 1. The molecule has 1 aliphatic heterocycles. The summed E-state index contributed by atoms with van der Waals surface area (Å²) in [5.41, 5.74) is 6.32. The van der Waals surface area contributed by atoms with Crippen LogP contribution >= 0.6 is 11.6 Å². The molecule has 34 heavy (non-hydrogen) atoms. The lowest BCUT2D eigenvalue weighted by atomic mass is 10.0. The van der Waals surface area contributed by atoms with Gasteiger partial charge in [0.2, 0.25) is 0 Å². The lowest BCUT2D eigenvalue weighted by Crippen LogP contribution is -2.32. The van der Waals surface area contributed by atoms with Crippen molar-refractivity contribution in [3.63, 3.8) is 0 Å². The van der Waals surface area contributed by atoms with Gasteiger partial charge in [-0.15, -0.1) is 0 Å². The second-order valence-electron chi connectivity index (χ2n) is 8.23. The highest BCUT2D eigenvalue weighted by Gasteiger charge is 2.28. The summed E-state index contributed by atoms with van der Waals surface area (Å²) in [7, 11) is 0. The second kappa shape index (κ2) is 9.27. The molecule has 1 N–H and O–H groups in total. The molecule has 4 aromatic rings. The van der Waals surface area contributed by atoms with Crippen LogP contribution in [0.4, 0.5) is 5.82 Å². The molecule has 0 spiro atoms. The zero-order valence-corrected chi connectivity index (χ0v) is 19.8. The van der Waals surface area contributed by atoms with Crippen molar-refractivity contribution in [2.24, 2.45) is 0 Å². The second-order valence-corrected chi connectivity index (χ2v) is 8.67. The molecule has 0 amide bonds. The molecule has 7 nitrogen and oxygen atoms in total. The Kier molecular flexibility index (Phi) is 6.02. The number of aromatic amines is 1. The Hall–Kier alpha value is -3.71. The van der Waals surface area contributed by atoms with E-state index in [-0.39, 0.29) is 6.61 Å². The predicted molar refractivity (Wildman–Crippen MR) is 132 cm³/mol. The van der Waals surface area contributed by atoms with Gasteiger partial charge in [-0.25, -0.2) is 14.8 Å². The van der Waals surface area contributed by atoms with Gasteiger partial charge in [0.25, 0.3) is 0 Å². The van der Waals surface area contributed by atoms with Crippen LogP contribution < -0.4 is 4.90 Å². The van der Waals surface area contributed by atoms with E-state index in [1.165, 1.54) is 0 Å². The molecule has 8 heteroatoms. The number of H-pyrrole nitrogens is 1. The van der Waals surface area contributed by atoms with Gasteiger partial charge in [0, 0.05) is 53.1 Å². The van der Waals surface area contributed by atoms with Crippen LogP contribution in [-0.4, -0.2) is 39.3 Å². The molecule has 0 saturated carbocycles. The van der Waals surface area contributed by atoms with E-state index in [1.54, 1.807) is 13.1 Å². The van der Waals surface area contributed by atoms with E-state index in [9.17, 15) is 4.79 Å². The van der Waals surface area contributed by atoms with Gasteiger partial charge in [-0.1, -0.05) is 47.5 Å². The molecule has 5 rings (SSSR count). The number of carbonyl (C=O) groups is 1. The number of hydrogen-bond acceptors (Lipinski definition) is 6. The first-order valence-corrected chi connectivity index (χ1v) is 11.6. The Morgan fingerprint density at radius 2 is 2.00 bits per heavy atom. The largest absolute Gasteiger partial charge is 0.462 e. The minimum absolute atomic E-state index is 0.280. The van der Waals surface area contributed by atoms with Crippen molar-refractivity contribution < 1.29 is 9.53 Å². The van der Waals surface area contributed by atoms with Crippen LogP contribution in [0.15, 0.2) is 54.7 Å². The maximum atomic E-state index is 12.8. The van der Waals surface area contributed by atoms with Crippen LogP contribution in [0.1, 0.15) is 34.1 Å². The molecular formula is C26H24ClN5O2. The van der Waals surface area contributed by atoms with Gasteiger partial charge in [-0.2, -0.15) is 5.10 Å². The highest BCUT2D eigenvalue weighted by atomic mass is 35.5. The number of nitrogens with one attached hydrogen (secondary N) is 1. The molecule has 3 heterocycles. The Balaban J connectivity index is 1.56. The number of anilines is 1. The van der Waals surface area contributed by atoms with Crippen LogP contribution in [0.3, 0.4) is 0 Å². The quantitative estimate of drug-likeness (QED) is 0.399. The van der Waals surface area contributed by atoms with Crippen molar-refractivity contribution in [2.75, 3.05) is 18.1 Å². The average molecular weight is 474 g/mol. The third kappa shape index (κ3) is 4.26. The molecule has 0 fully saturated rings. The van der Waals surface area contributed by atoms with E-state index in [4.69, 9.17) is 21.3 Å². The first-order valence-electron chi connectivity index (χ1n) is 11.2. The summed E-state index contributed by atoms with van der Waals surface area (Å²) >= 11 is 6.22.